The Hall–Kier alpha value is -2.57. The van der Waals surface area contributed by atoms with E-state index in [1.807, 2.05) is 6.07 Å². The summed E-state index contributed by atoms with van der Waals surface area (Å²) < 4.78 is 18.9. The first-order valence-electron chi connectivity index (χ1n) is 9.29. The largest absolute Gasteiger partial charge is 0.419 e. The highest BCUT2D eigenvalue weighted by molar-refractivity contribution is 5.51. The molecule has 2 aromatic carbocycles. The van der Waals surface area contributed by atoms with Gasteiger partial charge in [-0.05, 0) is 36.8 Å². The van der Waals surface area contributed by atoms with Crippen molar-refractivity contribution in [1.29, 1.82) is 0 Å². The molecule has 0 amide bonds. The van der Waals surface area contributed by atoms with Crippen molar-refractivity contribution in [2.75, 3.05) is 26.2 Å². The van der Waals surface area contributed by atoms with E-state index in [4.69, 9.17) is 4.42 Å². The van der Waals surface area contributed by atoms with Crippen LogP contribution in [0.5, 0.6) is 0 Å². The minimum absolute atomic E-state index is 0.0607. The number of piperazine rings is 1. The summed E-state index contributed by atoms with van der Waals surface area (Å²) in [6.07, 6.45) is 0. The quantitative estimate of drug-likeness (QED) is 0.688. The van der Waals surface area contributed by atoms with E-state index in [9.17, 15) is 4.39 Å². The molecular weight excluding hydrogens is 343 g/mol. The van der Waals surface area contributed by atoms with E-state index in [0.717, 1.165) is 38.3 Å². The van der Waals surface area contributed by atoms with Crippen LogP contribution < -0.4 is 0 Å². The molecule has 27 heavy (non-hydrogen) atoms. The molecule has 0 aliphatic carbocycles. The number of nitrogens with zero attached hydrogens (tertiary/aromatic N) is 4. The summed E-state index contributed by atoms with van der Waals surface area (Å²) in [6.45, 7) is 7.02. The smallest absolute Gasteiger partial charge is 0.247 e. The summed E-state index contributed by atoms with van der Waals surface area (Å²) >= 11 is 0. The van der Waals surface area contributed by atoms with Crippen molar-refractivity contribution in [3.63, 3.8) is 0 Å². The van der Waals surface area contributed by atoms with Gasteiger partial charge in [-0.25, -0.2) is 4.39 Å². The maximum atomic E-state index is 13.1. The molecule has 0 radical (unpaired) electrons. The van der Waals surface area contributed by atoms with E-state index in [1.54, 1.807) is 12.1 Å². The third kappa shape index (κ3) is 4.23. The van der Waals surface area contributed by atoms with Gasteiger partial charge in [0.1, 0.15) is 5.82 Å². The molecule has 1 fully saturated rings. The fourth-order valence-corrected chi connectivity index (χ4v) is 3.42. The van der Waals surface area contributed by atoms with Crippen molar-refractivity contribution in [1.82, 2.24) is 20.0 Å². The molecule has 4 rings (SSSR count). The monoisotopic (exact) mass is 366 g/mol. The van der Waals surface area contributed by atoms with Gasteiger partial charge in [-0.15, -0.1) is 10.2 Å². The lowest BCUT2D eigenvalue weighted by atomic mass is 10.2. The second-order valence-electron chi connectivity index (χ2n) is 6.93. The lowest BCUT2D eigenvalue weighted by Crippen LogP contribution is -2.46. The Morgan fingerprint density at radius 2 is 1.67 bits per heavy atom. The second-order valence-corrected chi connectivity index (χ2v) is 6.93. The molecular formula is C21H23FN4O. The molecule has 1 aliphatic heterocycles. The first-order valence-corrected chi connectivity index (χ1v) is 9.29. The van der Waals surface area contributed by atoms with Crippen molar-refractivity contribution >= 4 is 0 Å². The Labute approximate surface area is 158 Å². The van der Waals surface area contributed by atoms with Gasteiger partial charge in [-0.3, -0.25) is 9.80 Å². The van der Waals surface area contributed by atoms with Gasteiger partial charge in [-0.2, -0.15) is 0 Å². The van der Waals surface area contributed by atoms with Crippen LogP contribution in [0.15, 0.2) is 59.0 Å². The molecule has 2 heterocycles. The van der Waals surface area contributed by atoms with Crippen LogP contribution in [0.2, 0.25) is 0 Å². The number of aromatic nitrogens is 2. The third-order valence-electron chi connectivity index (χ3n) is 5.09. The van der Waals surface area contributed by atoms with Gasteiger partial charge >= 0.3 is 0 Å². The van der Waals surface area contributed by atoms with Gasteiger partial charge in [-0.1, -0.05) is 30.3 Å². The molecule has 6 heteroatoms. The average molecular weight is 366 g/mol. The normalized spacial score (nSPS) is 17.1. The number of rotatable bonds is 5. The molecule has 140 valence electrons. The maximum absolute atomic E-state index is 13.1. The van der Waals surface area contributed by atoms with Crippen LogP contribution in [0.4, 0.5) is 4.39 Å². The molecule has 0 bridgehead atoms. The number of benzene rings is 2. The molecule has 1 aliphatic rings. The summed E-state index contributed by atoms with van der Waals surface area (Å²) in [5, 5.41) is 8.34. The Balaban J connectivity index is 1.35. The molecule has 1 saturated heterocycles. The third-order valence-corrected chi connectivity index (χ3v) is 5.09. The lowest BCUT2D eigenvalue weighted by molar-refractivity contribution is 0.0876. The molecule has 3 aromatic rings. The zero-order chi connectivity index (χ0) is 18.6. The Morgan fingerprint density at radius 1 is 0.963 bits per heavy atom. The lowest BCUT2D eigenvalue weighted by Gasteiger charge is -2.36. The molecule has 1 atom stereocenters. The predicted molar refractivity (Wildman–Crippen MR) is 101 cm³/mol. The van der Waals surface area contributed by atoms with Gasteiger partial charge in [0.2, 0.25) is 11.8 Å². The van der Waals surface area contributed by atoms with Gasteiger partial charge in [0.05, 0.1) is 6.04 Å². The van der Waals surface area contributed by atoms with Crippen molar-refractivity contribution in [3.05, 3.63) is 71.9 Å². The summed E-state index contributed by atoms with van der Waals surface area (Å²) in [5.74, 6) is 0.755. The van der Waals surface area contributed by atoms with Gasteiger partial charge < -0.3 is 4.42 Å². The maximum Gasteiger partial charge on any atom is 0.247 e. The number of hydrogen-bond donors (Lipinski definition) is 0. The first-order chi connectivity index (χ1) is 13.2. The van der Waals surface area contributed by atoms with E-state index in [0.29, 0.717) is 11.8 Å². The fourth-order valence-electron chi connectivity index (χ4n) is 3.42. The Morgan fingerprint density at radius 3 is 2.37 bits per heavy atom. The van der Waals surface area contributed by atoms with Gasteiger partial charge in [0.15, 0.2) is 0 Å². The van der Waals surface area contributed by atoms with Crippen LogP contribution >= 0.6 is 0 Å². The van der Waals surface area contributed by atoms with Crippen LogP contribution in [-0.4, -0.2) is 46.2 Å². The first kappa shape index (κ1) is 17.8. The highest BCUT2D eigenvalue weighted by atomic mass is 19.1. The summed E-state index contributed by atoms with van der Waals surface area (Å²) in [6, 6.07) is 16.7. The fraction of sp³-hybridized carbons (Fsp3) is 0.333. The van der Waals surface area contributed by atoms with E-state index < -0.39 is 0 Å². The van der Waals surface area contributed by atoms with Crippen LogP contribution in [0.25, 0.3) is 11.5 Å². The topological polar surface area (TPSA) is 45.4 Å². The highest BCUT2D eigenvalue weighted by Crippen LogP contribution is 2.25. The van der Waals surface area contributed by atoms with Crippen LogP contribution in [-0.2, 0) is 6.54 Å². The van der Waals surface area contributed by atoms with Gasteiger partial charge in [0.25, 0.3) is 0 Å². The van der Waals surface area contributed by atoms with Crippen molar-refractivity contribution in [2.24, 2.45) is 0 Å². The number of halogens is 1. The van der Waals surface area contributed by atoms with Crippen LogP contribution in [0.1, 0.15) is 24.4 Å². The Kier molecular flexibility index (Phi) is 5.27. The predicted octanol–water partition coefficient (Wildman–Crippen LogP) is 3.75. The van der Waals surface area contributed by atoms with Crippen molar-refractivity contribution in [3.8, 4) is 11.5 Å². The van der Waals surface area contributed by atoms with Crippen molar-refractivity contribution in [2.45, 2.75) is 19.5 Å². The molecule has 0 spiro atoms. The zero-order valence-corrected chi connectivity index (χ0v) is 15.4. The average Bonchev–Trinajstić information content (AvgIpc) is 3.20. The SMILES string of the molecule is C[C@@H](c1nnc(-c2ccc(F)cc2)o1)N1CCN(Cc2ccccc2)CC1. The standard InChI is InChI=1S/C21H23FN4O/c1-16(20-23-24-21(27-20)18-7-9-19(22)10-8-18)26-13-11-25(12-14-26)15-17-5-3-2-4-6-17/h2-10,16H,11-15H2,1H3/t16-/m0/s1. The highest BCUT2D eigenvalue weighted by Gasteiger charge is 2.25. The summed E-state index contributed by atoms with van der Waals surface area (Å²) in [7, 11) is 0. The van der Waals surface area contributed by atoms with E-state index in [1.165, 1.54) is 17.7 Å². The molecule has 0 N–H and O–H groups in total. The molecule has 0 unspecified atom stereocenters. The van der Waals surface area contributed by atoms with Gasteiger partial charge in [0, 0.05) is 38.3 Å². The Bertz CT molecular complexity index is 857. The number of hydrogen-bond acceptors (Lipinski definition) is 5. The molecule has 1 aromatic heterocycles. The molecule has 5 nitrogen and oxygen atoms in total. The minimum atomic E-state index is -0.278. The zero-order valence-electron chi connectivity index (χ0n) is 15.4. The minimum Gasteiger partial charge on any atom is -0.419 e. The van der Waals surface area contributed by atoms with Crippen molar-refractivity contribution < 1.29 is 8.81 Å². The van der Waals surface area contributed by atoms with Crippen LogP contribution in [0.3, 0.4) is 0 Å². The summed E-state index contributed by atoms with van der Waals surface area (Å²) in [5.41, 5.74) is 2.08. The van der Waals surface area contributed by atoms with E-state index >= 15 is 0 Å². The van der Waals surface area contributed by atoms with Crippen LogP contribution in [0, 0.1) is 5.82 Å². The molecule has 0 saturated carbocycles. The van der Waals surface area contributed by atoms with E-state index in [-0.39, 0.29) is 11.9 Å². The second kappa shape index (κ2) is 7.98. The van der Waals surface area contributed by atoms with E-state index in [2.05, 4.69) is 51.2 Å². The summed E-state index contributed by atoms with van der Waals surface area (Å²) in [4.78, 5) is 4.83.